The van der Waals surface area contributed by atoms with E-state index in [1.54, 1.807) is 18.3 Å². The van der Waals surface area contributed by atoms with Crippen molar-refractivity contribution < 1.29 is 13.9 Å². The van der Waals surface area contributed by atoms with Gasteiger partial charge in [0.15, 0.2) is 5.43 Å². The van der Waals surface area contributed by atoms with E-state index in [1.165, 1.54) is 19.3 Å². The van der Waals surface area contributed by atoms with E-state index in [-0.39, 0.29) is 12.0 Å². The minimum absolute atomic E-state index is 0.132. The molecule has 1 heterocycles. The highest BCUT2D eigenvalue weighted by atomic mass is 79.9. The lowest BCUT2D eigenvalue weighted by molar-refractivity contribution is -0.134. The third-order valence-electron chi connectivity index (χ3n) is 4.38. The molecule has 3 rings (SSSR count). The maximum absolute atomic E-state index is 13.2. The second kappa shape index (κ2) is 9.39. The molecule has 0 aliphatic carbocycles. The molecule has 29 heavy (non-hydrogen) atoms. The molecule has 0 spiro atoms. The first-order chi connectivity index (χ1) is 14.0. The smallest absolute Gasteiger partial charge is 0.331 e. The number of esters is 1. The second-order valence-corrected chi connectivity index (χ2v) is 7.26. The third kappa shape index (κ3) is 5.03. The van der Waals surface area contributed by atoms with Crippen molar-refractivity contribution in [2.24, 2.45) is 0 Å². The lowest BCUT2D eigenvalue weighted by Gasteiger charge is -2.21. The predicted octanol–water partition coefficient (Wildman–Crippen LogP) is 4.89. The third-order valence-corrected chi connectivity index (χ3v) is 4.87. The number of fused-ring (bicyclic) bond motifs is 1. The fourth-order valence-corrected chi connectivity index (χ4v) is 3.32. The summed E-state index contributed by atoms with van der Waals surface area (Å²) >= 11 is 3.40. The van der Waals surface area contributed by atoms with Crippen LogP contribution >= 0.6 is 15.9 Å². The molecule has 3 aromatic rings. The highest BCUT2D eigenvalue weighted by molar-refractivity contribution is 9.10. The molecule has 0 radical (unpaired) electrons. The molecular formula is C23H20BrNO4. The molecule has 2 aromatic carbocycles. The van der Waals surface area contributed by atoms with Gasteiger partial charge in [0.05, 0.1) is 24.6 Å². The zero-order valence-electron chi connectivity index (χ0n) is 15.9. The number of carbonyl (C=O) groups is 1. The average molecular weight is 454 g/mol. The van der Waals surface area contributed by atoms with Crippen molar-refractivity contribution in [1.82, 2.24) is 4.90 Å². The molecule has 0 unspecified atom stereocenters. The quantitative estimate of drug-likeness (QED) is 0.376. The maximum atomic E-state index is 13.2. The van der Waals surface area contributed by atoms with Crippen molar-refractivity contribution >= 4 is 38.9 Å². The van der Waals surface area contributed by atoms with E-state index in [2.05, 4.69) is 27.2 Å². The van der Waals surface area contributed by atoms with E-state index >= 15 is 0 Å². The Bertz CT molecular complexity index is 1120. The van der Waals surface area contributed by atoms with Gasteiger partial charge in [-0.3, -0.25) is 4.79 Å². The van der Waals surface area contributed by atoms with Gasteiger partial charge in [0.1, 0.15) is 11.3 Å². The SMILES string of the molecule is C=Cc1oc2ccc(Br)cc2c(=O)c1CN(/C=C/C(=O)OC)Cc1ccccc1. The van der Waals surface area contributed by atoms with Crippen molar-refractivity contribution in [3.05, 3.63) is 99.0 Å². The van der Waals surface area contributed by atoms with E-state index in [0.717, 1.165) is 10.0 Å². The number of carbonyl (C=O) groups excluding carboxylic acids is 1. The van der Waals surface area contributed by atoms with Crippen LogP contribution in [0.1, 0.15) is 16.9 Å². The Morgan fingerprint density at radius 1 is 1.21 bits per heavy atom. The number of rotatable bonds is 7. The van der Waals surface area contributed by atoms with Gasteiger partial charge in [-0.05, 0) is 29.8 Å². The van der Waals surface area contributed by atoms with E-state index in [1.807, 2.05) is 41.3 Å². The second-order valence-electron chi connectivity index (χ2n) is 6.35. The molecule has 0 aliphatic rings. The molecule has 0 saturated carbocycles. The molecule has 0 saturated heterocycles. The molecule has 0 amide bonds. The first-order valence-corrected chi connectivity index (χ1v) is 9.73. The van der Waals surface area contributed by atoms with E-state index in [0.29, 0.717) is 28.8 Å². The first kappa shape index (κ1) is 20.6. The fourth-order valence-electron chi connectivity index (χ4n) is 2.95. The maximum Gasteiger partial charge on any atom is 0.331 e. The van der Waals surface area contributed by atoms with Crippen LogP contribution in [0.4, 0.5) is 0 Å². The molecule has 6 heteroatoms. The summed E-state index contributed by atoms with van der Waals surface area (Å²) in [5.41, 5.74) is 1.87. The van der Waals surface area contributed by atoms with Gasteiger partial charge in [-0.25, -0.2) is 4.79 Å². The van der Waals surface area contributed by atoms with Crippen molar-refractivity contribution in [1.29, 1.82) is 0 Å². The van der Waals surface area contributed by atoms with Gasteiger partial charge in [0.2, 0.25) is 0 Å². The zero-order valence-corrected chi connectivity index (χ0v) is 17.5. The van der Waals surface area contributed by atoms with Crippen molar-refractivity contribution in [3.8, 4) is 0 Å². The number of benzene rings is 2. The Kier molecular flexibility index (Phi) is 6.67. The van der Waals surface area contributed by atoms with Gasteiger partial charge in [0, 0.05) is 23.3 Å². The van der Waals surface area contributed by atoms with Crippen LogP contribution in [0.15, 0.2) is 81.1 Å². The summed E-state index contributed by atoms with van der Waals surface area (Å²) in [4.78, 5) is 26.6. The molecule has 5 nitrogen and oxygen atoms in total. The number of nitrogens with zero attached hydrogens (tertiary/aromatic N) is 1. The van der Waals surface area contributed by atoms with Gasteiger partial charge in [-0.15, -0.1) is 0 Å². The van der Waals surface area contributed by atoms with Crippen molar-refractivity contribution in [2.45, 2.75) is 13.1 Å². The van der Waals surface area contributed by atoms with Crippen molar-refractivity contribution in [2.75, 3.05) is 7.11 Å². The monoisotopic (exact) mass is 453 g/mol. The number of methoxy groups -OCH3 is 1. The molecular weight excluding hydrogens is 434 g/mol. The summed E-state index contributed by atoms with van der Waals surface area (Å²) in [7, 11) is 1.32. The Balaban J connectivity index is 2.03. The van der Waals surface area contributed by atoms with Gasteiger partial charge in [0.25, 0.3) is 0 Å². The van der Waals surface area contributed by atoms with E-state index < -0.39 is 5.97 Å². The minimum Gasteiger partial charge on any atom is -0.466 e. The van der Waals surface area contributed by atoms with Crippen LogP contribution in [0.25, 0.3) is 17.0 Å². The van der Waals surface area contributed by atoms with E-state index in [4.69, 9.17) is 4.42 Å². The largest absolute Gasteiger partial charge is 0.466 e. The summed E-state index contributed by atoms with van der Waals surface area (Å²) in [6.45, 7) is 4.53. The normalized spacial score (nSPS) is 11.0. The molecule has 0 fully saturated rings. The van der Waals surface area contributed by atoms with Crippen LogP contribution in [0.2, 0.25) is 0 Å². The Morgan fingerprint density at radius 3 is 2.66 bits per heavy atom. The molecule has 0 N–H and O–H groups in total. The van der Waals surface area contributed by atoms with E-state index in [9.17, 15) is 9.59 Å². The summed E-state index contributed by atoms with van der Waals surface area (Å²) in [5, 5.41) is 0.483. The molecule has 0 aliphatic heterocycles. The fraction of sp³-hybridized carbons (Fsp3) is 0.130. The molecule has 148 valence electrons. The number of hydrogen-bond acceptors (Lipinski definition) is 5. The summed E-state index contributed by atoms with van der Waals surface area (Å²) in [6.07, 6.45) is 4.48. The molecule has 0 bridgehead atoms. The Hall–Kier alpha value is -3.12. The first-order valence-electron chi connectivity index (χ1n) is 8.93. The van der Waals surface area contributed by atoms with Crippen LogP contribution < -0.4 is 5.43 Å². The van der Waals surface area contributed by atoms with Crippen LogP contribution in [0.3, 0.4) is 0 Å². The molecule has 1 aromatic heterocycles. The van der Waals surface area contributed by atoms with Gasteiger partial charge in [-0.1, -0.05) is 52.8 Å². The molecule has 0 atom stereocenters. The van der Waals surface area contributed by atoms with Crippen LogP contribution in [-0.2, 0) is 22.6 Å². The summed E-state index contributed by atoms with van der Waals surface area (Å²) < 4.78 is 11.4. The lowest BCUT2D eigenvalue weighted by Crippen LogP contribution is -2.23. The number of hydrogen-bond donors (Lipinski definition) is 0. The summed E-state index contributed by atoms with van der Waals surface area (Å²) in [5.74, 6) is -0.0594. The Morgan fingerprint density at radius 2 is 1.97 bits per heavy atom. The topological polar surface area (TPSA) is 59.8 Å². The minimum atomic E-state index is -0.471. The van der Waals surface area contributed by atoms with Gasteiger partial charge >= 0.3 is 5.97 Å². The predicted molar refractivity (Wildman–Crippen MR) is 117 cm³/mol. The van der Waals surface area contributed by atoms with Crippen LogP contribution in [0.5, 0.6) is 0 Å². The highest BCUT2D eigenvalue weighted by Crippen LogP contribution is 2.22. The van der Waals surface area contributed by atoms with Gasteiger partial charge < -0.3 is 14.1 Å². The van der Waals surface area contributed by atoms with Gasteiger partial charge in [-0.2, -0.15) is 0 Å². The zero-order chi connectivity index (χ0) is 20.8. The Labute approximate surface area is 177 Å². The van der Waals surface area contributed by atoms with Crippen LogP contribution in [-0.4, -0.2) is 18.0 Å². The highest BCUT2D eigenvalue weighted by Gasteiger charge is 2.15. The van der Waals surface area contributed by atoms with Crippen molar-refractivity contribution in [3.63, 3.8) is 0 Å². The standard InChI is InChI=1S/C23H20BrNO4/c1-3-20-19(23(27)18-13-17(24)9-10-21(18)29-20)15-25(12-11-22(26)28-2)14-16-7-5-4-6-8-16/h3-13H,1,14-15H2,2H3/b12-11+. The lowest BCUT2D eigenvalue weighted by atomic mass is 10.1. The summed E-state index contributed by atoms with van der Waals surface area (Å²) in [6, 6.07) is 15.1. The average Bonchev–Trinajstić information content (AvgIpc) is 2.74. The van der Waals surface area contributed by atoms with Crippen LogP contribution in [0, 0.1) is 0 Å². The number of halogens is 1. The number of ether oxygens (including phenoxy) is 1.